The van der Waals surface area contributed by atoms with Crippen molar-refractivity contribution in [1.82, 2.24) is 0 Å². The van der Waals surface area contributed by atoms with Crippen LogP contribution < -0.4 is 5.79 Å². The number of hydrogen-bond acceptors (Lipinski definition) is 2. The van der Waals surface area contributed by atoms with Crippen molar-refractivity contribution in [3.05, 3.63) is 58.7 Å². The van der Waals surface area contributed by atoms with Crippen molar-refractivity contribution in [3.63, 3.8) is 0 Å². The van der Waals surface area contributed by atoms with Crippen LogP contribution >= 0.6 is 22.7 Å². The van der Waals surface area contributed by atoms with Crippen molar-refractivity contribution >= 4 is 76.4 Å². The molecule has 42 heavy (non-hydrogen) atoms. The van der Waals surface area contributed by atoms with Gasteiger partial charge < -0.3 is 0 Å². The van der Waals surface area contributed by atoms with Crippen molar-refractivity contribution < 1.29 is 0 Å². The minimum atomic E-state index is -2.20. The van der Waals surface area contributed by atoms with Gasteiger partial charge in [-0.3, -0.25) is 0 Å². The van der Waals surface area contributed by atoms with Crippen molar-refractivity contribution in [1.29, 1.82) is 0 Å². The number of thiophene rings is 2. The van der Waals surface area contributed by atoms with E-state index in [1.54, 1.807) is 37.8 Å². The first kappa shape index (κ1) is 33.1. The predicted octanol–water partition coefficient (Wildman–Crippen LogP) is 12.2. The Bertz CT molecular complexity index is 1380. The first-order valence-corrected chi connectivity index (χ1v) is 38.4. The Morgan fingerprint density at radius 1 is 0.548 bits per heavy atom. The monoisotopic (exact) mass is 814 g/mol. The predicted molar refractivity (Wildman–Crippen MR) is 200 cm³/mol. The molecule has 2 heterocycles. The second-order valence-electron chi connectivity index (χ2n) is 14.9. The van der Waals surface area contributed by atoms with Gasteiger partial charge in [-0.25, -0.2) is 0 Å². The van der Waals surface area contributed by atoms with Crippen LogP contribution in [0.5, 0.6) is 0 Å². The molecule has 2 atom stereocenters. The standard InChI is InChI=1S/C32H36S2.6CH3.2Sn/c1-5-9-11-21(7-3)17-25-23-13-15-33-31(23)29-20-28-26(18-22(8-4)12-10-6-2)24-14-16-34-32(24)30(28)19-27(25)29;;;;;;;;/h13-14,17-22H,5-12H2,1-4H3;6*1H3;;. The van der Waals surface area contributed by atoms with Gasteiger partial charge in [-0.15, -0.1) is 0 Å². The molecule has 0 N–H and O–H groups in total. The Kier molecular flexibility index (Phi) is 10.4. The van der Waals surface area contributed by atoms with Crippen LogP contribution in [0.2, 0.25) is 29.6 Å². The molecule has 0 radical (unpaired) electrons. The fourth-order valence-corrected chi connectivity index (χ4v) is 19.4. The molecule has 226 valence electrons. The third-order valence-corrected chi connectivity index (χ3v) is 30.7. The van der Waals surface area contributed by atoms with Crippen molar-refractivity contribution in [3.8, 4) is 20.9 Å². The normalized spacial score (nSPS) is 17.5. The van der Waals surface area contributed by atoms with Crippen molar-refractivity contribution in [2.75, 3.05) is 0 Å². The minimum absolute atomic E-state index is 0.659. The summed E-state index contributed by atoms with van der Waals surface area (Å²) < 4.78 is 3.44. The summed E-state index contributed by atoms with van der Waals surface area (Å²) in [6.45, 7) is 9.44. The number of fused-ring (bicyclic) bond motifs is 6. The van der Waals surface area contributed by atoms with Gasteiger partial charge in [0.1, 0.15) is 0 Å². The number of hydrogen-bond donors (Lipinski definition) is 0. The van der Waals surface area contributed by atoms with Gasteiger partial charge in [0, 0.05) is 0 Å². The molecule has 0 aliphatic heterocycles. The third-order valence-electron chi connectivity index (χ3n) is 9.46. The molecular weight excluding hydrogens is 758 g/mol. The summed E-state index contributed by atoms with van der Waals surface area (Å²) in [5, 5.41) is 0. The van der Waals surface area contributed by atoms with E-state index in [0.29, 0.717) is 11.8 Å². The molecule has 2 unspecified atom stereocenters. The van der Waals surface area contributed by atoms with Gasteiger partial charge >= 0.3 is 276 Å². The third kappa shape index (κ3) is 6.49. The molecule has 0 saturated carbocycles. The molecule has 1 aromatic carbocycles. The van der Waals surface area contributed by atoms with E-state index < -0.39 is 36.8 Å². The summed E-state index contributed by atoms with van der Waals surface area (Å²) >= 11 is -0.119. The molecule has 0 fully saturated rings. The summed E-state index contributed by atoms with van der Waals surface area (Å²) in [6, 6.07) is 10.6. The van der Waals surface area contributed by atoms with E-state index in [9.17, 15) is 0 Å². The van der Waals surface area contributed by atoms with Gasteiger partial charge in [0.05, 0.1) is 0 Å². The van der Waals surface area contributed by atoms with Crippen molar-refractivity contribution in [2.24, 2.45) is 11.8 Å². The van der Waals surface area contributed by atoms with E-state index in [4.69, 9.17) is 0 Å². The van der Waals surface area contributed by atoms with E-state index in [2.05, 4.69) is 116 Å². The van der Waals surface area contributed by atoms with Crippen molar-refractivity contribution in [2.45, 2.75) is 109 Å². The Morgan fingerprint density at radius 3 is 1.24 bits per heavy atom. The molecule has 2 aliphatic carbocycles. The summed E-state index contributed by atoms with van der Waals surface area (Å²) in [5.41, 5.74) is 12.3. The zero-order chi connectivity index (χ0) is 30.4. The Balaban J connectivity index is 1.73. The SMILES string of the molecule is CCCCC(C=C1c2cc3c(cc2-c2s[c]([Sn]([CH3])([CH3])[CH3])cc21)C(=CC(CC)CCCC)c1c[c]([Sn]([CH3])([CH3])[CH3])sc1-3)CC. The number of allylic oxidation sites excluding steroid dienone is 2. The molecule has 5 rings (SSSR count). The fraction of sp³-hybridized carbons (Fsp3) is 0.526. The van der Waals surface area contributed by atoms with Crippen LogP contribution in [0.1, 0.15) is 101 Å². The summed E-state index contributed by atoms with van der Waals surface area (Å²) in [5.74, 6) is 1.32. The first-order valence-electron chi connectivity index (χ1n) is 16.8. The van der Waals surface area contributed by atoms with Gasteiger partial charge in [0.2, 0.25) is 0 Å². The van der Waals surface area contributed by atoms with Gasteiger partial charge in [0.25, 0.3) is 0 Å². The zero-order valence-electron chi connectivity index (χ0n) is 28.1. The average molecular weight is 812 g/mol. The van der Waals surface area contributed by atoms with Gasteiger partial charge in [-0.1, -0.05) is 0 Å². The second-order valence-corrected chi connectivity index (χ2v) is 47.9. The topological polar surface area (TPSA) is 0 Å². The van der Waals surface area contributed by atoms with Crippen LogP contribution in [-0.2, 0) is 0 Å². The molecule has 4 heteroatoms. The molecule has 0 amide bonds. The molecule has 3 aromatic rings. The maximum atomic E-state index is 2.69. The van der Waals surface area contributed by atoms with Crippen LogP contribution in [0, 0.1) is 11.8 Å². The van der Waals surface area contributed by atoms with E-state index in [0.717, 1.165) is 0 Å². The Labute approximate surface area is 273 Å². The number of unbranched alkanes of at least 4 members (excludes halogenated alkanes) is 2. The molecule has 0 saturated heterocycles. The Morgan fingerprint density at radius 2 is 0.929 bits per heavy atom. The van der Waals surface area contributed by atoms with Gasteiger partial charge in [-0.05, 0) is 0 Å². The summed E-state index contributed by atoms with van der Waals surface area (Å²) in [7, 11) is 0. The molecule has 0 spiro atoms. The van der Waals surface area contributed by atoms with Crippen LogP contribution in [-0.4, -0.2) is 36.8 Å². The molecule has 0 bridgehead atoms. The average Bonchev–Trinajstić information content (AvgIpc) is 3.68. The first-order chi connectivity index (χ1) is 19.9. The van der Waals surface area contributed by atoms with E-state index >= 15 is 0 Å². The number of rotatable bonds is 12. The molecule has 2 aromatic heterocycles. The van der Waals surface area contributed by atoms with Crippen LogP contribution in [0.15, 0.2) is 36.4 Å². The quantitative estimate of drug-likeness (QED) is 0.110. The van der Waals surface area contributed by atoms with Gasteiger partial charge in [-0.2, -0.15) is 0 Å². The fourth-order valence-electron chi connectivity index (χ4n) is 6.61. The molecule has 2 aliphatic rings. The second kappa shape index (κ2) is 13.2. The summed E-state index contributed by atoms with van der Waals surface area (Å²) in [4.78, 5) is 18.6. The van der Waals surface area contributed by atoms with Crippen LogP contribution in [0.4, 0.5) is 0 Å². The zero-order valence-corrected chi connectivity index (χ0v) is 35.4. The summed E-state index contributed by atoms with van der Waals surface area (Å²) in [6.07, 6.45) is 15.7. The van der Waals surface area contributed by atoms with E-state index in [-0.39, 0.29) is 0 Å². The Hall–Kier alpha value is -0.303. The number of benzene rings is 1. The van der Waals surface area contributed by atoms with E-state index in [1.807, 2.05) is 0 Å². The van der Waals surface area contributed by atoms with Crippen LogP contribution in [0.25, 0.3) is 32.0 Å². The molecular formula is C38H54S2Sn2. The van der Waals surface area contributed by atoms with Gasteiger partial charge in [0.15, 0.2) is 0 Å². The molecule has 0 nitrogen and oxygen atoms in total. The van der Waals surface area contributed by atoms with E-state index in [1.165, 1.54) is 73.6 Å². The van der Waals surface area contributed by atoms with Crippen LogP contribution in [0.3, 0.4) is 0 Å². The maximum absolute atomic E-state index is 2.69.